The van der Waals surface area contributed by atoms with E-state index in [4.69, 9.17) is 9.47 Å². The van der Waals surface area contributed by atoms with Crippen molar-refractivity contribution in [2.75, 3.05) is 14.2 Å². The normalized spacial score (nSPS) is 21.0. The molecular formula is C21H20I2O2+2. The Morgan fingerprint density at radius 2 is 1.08 bits per heavy atom. The number of fused-ring (bicyclic) bond motifs is 2. The Morgan fingerprint density at radius 3 is 1.44 bits per heavy atom. The highest BCUT2D eigenvalue weighted by molar-refractivity contribution is 5.30. The van der Waals surface area contributed by atoms with Crippen molar-refractivity contribution in [3.63, 3.8) is 0 Å². The summed E-state index contributed by atoms with van der Waals surface area (Å²) in [5.74, 6) is 3.29. The second-order valence-corrected chi connectivity index (χ2v) is 11.9. The minimum Gasteiger partial charge on any atom is -0.497 e. The minimum absolute atomic E-state index is 0.0835. The number of methoxy groups -OCH3 is 2. The summed E-state index contributed by atoms with van der Waals surface area (Å²) in [6.07, 6.45) is 6.21. The maximum absolute atomic E-state index is 5.29. The molecule has 2 nitrogen and oxygen atoms in total. The molecule has 2 aliphatic rings. The molecule has 0 aliphatic heterocycles. The van der Waals surface area contributed by atoms with Crippen LogP contribution in [0, 0.1) is 19.0 Å². The highest BCUT2D eigenvalue weighted by Crippen LogP contribution is 2.36. The lowest BCUT2D eigenvalue weighted by Gasteiger charge is -2.00. The largest absolute Gasteiger partial charge is 0.497 e. The molecule has 0 saturated carbocycles. The van der Waals surface area contributed by atoms with E-state index in [9.17, 15) is 0 Å². The summed E-state index contributed by atoms with van der Waals surface area (Å²) >= 11 is -0.167. The molecule has 2 bridgehead atoms. The summed E-state index contributed by atoms with van der Waals surface area (Å²) in [5.41, 5.74) is 0. The molecular weight excluding hydrogens is 538 g/mol. The highest BCUT2D eigenvalue weighted by Gasteiger charge is 2.50. The Morgan fingerprint density at radius 1 is 0.680 bits per heavy atom. The maximum Gasteiger partial charge on any atom is 0.358 e. The van der Waals surface area contributed by atoms with Crippen molar-refractivity contribution >= 4 is 0 Å². The van der Waals surface area contributed by atoms with Crippen LogP contribution in [0.3, 0.4) is 0 Å². The van der Waals surface area contributed by atoms with Gasteiger partial charge in [-0.2, -0.15) is 0 Å². The molecule has 0 saturated heterocycles. The van der Waals surface area contributed by atoms with Crippen molar-refractivity contribution in [3.8, 4) is 11.5 Å². The molecule has 0 heterocycles. The van der Waals surface area contributed by atoms with Crippen LogP contribution in [-0.4, -0.2) is 14.2 Å². The summed E-state index contributed by atoms with van der Waals surface area (Å²) in [7, 11) is 3.45. The number of allylic oxidation sites excluding steroid dienone is 4. The van der Waals surface area contributed by atoms with Crippen molar-refractivity contribution in [2.45, 2.75) is 6.42 Å². The molecule has 0 spiro atoms. The molecule has 2 aromatic rings. The third-order valence-corrected chi connectivity index (χ3v) is 12.1. The molecule has 25 heavy (non-hydrogen) atoms. The molecule has 2 aliphatic carbocycles. The van der Waals surface area contributed by atoms with Crippen molar-refractivity contribution in [2.24, 2.45) is 11.8 Å². The summed E-state index contributed by atoms with van der Waals surface area (Å²) in [4.78, 5) is 0. The topological polar surface area (TPSA) is 18.5 Å². The molecule has 4 heteroatoms. The molecule has 0 amide bonds. The fourth-order valence-electron chi connectivity index (χ4n) is 3.16. The number of rotatable bonds is 6. The van der Waals surface area contributed by atoms with Crippen LogP contribution in [0.1, 0.15) is 6.42 Å². The average molecular weight is 558 g/mol. The SMILES string of the molecule is COc1ccc([I+]C2=C([I+]c3ccc(OC)cc3)C3C=CC2C3)cc1. The zero-order valence-corrected chi connectivity index (χ0v) is 18.5. The predicted octanol–water partition coefficient (Wildman–Crippen LogP) is -1.66. The van der Waals surface area contributed by atoms with E-state index in [1.54, 1.807) is 21.4 Å². The van der Waals surface area contributed by atoms with Gasteiger partial charge in [0.2, 0.25) is 7.16 Å². The number of hydrogen-bond acceptors (Lipinski definition) is 2. The fourth-order valence-corrected chi connectivity index (χ4v) is 10.3. The van der Waals surface area contributed by atoms with Gasteiger partial charge in [0.15, 0.2) is 7.14 Å². The van der Waals surface area contributed by atoms with Crippen LogP contribution in [0.5, 0.6) is 11.5 Å². The molecule has 0 radical (unpaired) electrons. The Balaban J connectivity index is 1.57. The van der Waals surface area contributed by atoms with Crippen LogP contribution in [-0.2, 0) is 0 Å². The Bertz CT molecular complexity index is 739. The Labute approximate surface area is 169 Å². The van der Waals surface area contributed by atoms with Crippen LogP contribution in [0.2, 0.25) is 0 Å². The van der Waals surface area contributed by atoms with E-state index in [1.807, 2.05) is 0 Å². The van der Waals surface area contributed by atoms with E-state index >= 15 is 0 Å². The monoisotopic (exact) mass is 558 g/mol. The summed E-state index contributed by atoms with van der Waals surface area (Å²) in [6, 6.07) is 17.4. The predicted molar refractivity (Wildman–Crippen MR) is 91.1 cm³/mol. The van der Waals surface area contributed by atoms with Crippen LogP contribution >= 0.6 is 0 Å². The van der Waals surface area contributed by atoms with Crippen LogP contribution in [0.15, 0.2) is 67.8 Å². The van der Waals surface area contributed by atoms with Crippen LogP contribution < -0.4 is 51.9 Å². The quantitative estimate of drug-likeness (QED) is 0.313. The Hall–Kier alpha value is -1.02. The van der Waals surface area contributed by atoms with Gasteiger partial charge in [-0.3, -0.25) is 0 Å². The van der Waals surface area contributed by atoms with Crippen molar-refractivity contribution in [1.82, 2.24) is 0 Å². The van der Waals surface area contributed by atoms with Gasteiger partial charge in [-0.15, -0.1) is 0 Å². The second-order valence-electron chi connectivity index (χ2n) is 6.03. The summed E-state index contributed by atoms with van der Waals surface area (Å²) < 4.78 is 17.1. The lowest BCUT2D eigenvalue weighted by molar-refractivity contribution is -0.622. The average Bonchev–Trinajstić information content (AvgIpc) is 3.26. The molecule has 4 rings (SSSR count). The van der Waals surface area contributed by atoms with E-state index in [2.05, 4.69) is 60.7 Å². The second kappa shape index (κ2) is 7.70. The van der Waals surface area contributed by atoms with Crippen molar-refractivity contribution in [3.05, 3.63) is 75.0 Å². The first-order valence-electron chi connectivity index (χ1n) is 8.27. The lowest BCUT2D eigenvalue weighted by Crippen LogP contribution is -3.66. The number of ether oxygens (including phenoxy) is 2. The number of halogens is 2. The van der Waals surface area contributed by atoms with Gasteiger partial charge in [-0.1, -0.05) is 12.2 Å². The molecule has 0 fully saturated rings. The van der Waals surface area contributed by atoms with Gasteiger partial charge in [0.1, 0.15) is 11.5 Å². The molecule has 2 atom stereocenters. The zero-order chi connectivity index (χ0) is 17.2. The summed E-state index contributed by atoms with van der Waals surface area (Å²) in [5, 5.41) is 0. The minimum atomic E-state index is -0.0835. The number of benzene rings is 2. The Kier molecular flexibility index (Phi) is 5.36. The van der Waals surface area contributed by atoms with E-state index in [0.717, 1.165) is 11.5 Å². The molecule has 2 aromatic carbocycles. The first kappa shape index (κ1) is 17.4. The van der Waals surface area contributed by atoms with Gasteiger partial charge in [-0.05, 0) is 55.0 Å². The highest BCUT2D eigenvalue weighted by atomic mass is 127. The third-order valence-electron chi connectivity index (χ3n) is 4.48. The van der Waals surface area contributed by atoms with Gasteiger partial charge >= 0.3 is 42.4 Å². The van der Waals surface area contributed by atoms with Crippen molar-refractivity contribution in [1.29, 1.82) is 0 Å². The van der Waals surface area contributed by atoms with Crippen molar-refractivity contribution < 1.29 is 51.9 Å². The van der Waals surface area contributed by atoms with Gasteiger partial charge in [-0.25, -0.2) is 0 Å². The smallest absolute Gasteiger partial charge is 0.358 e. The van der Waals surface area contributed by atoms with Gasteiger partial charge in [0.25, 0.3) is 0 Å². The molecule has 2 unspecified atom stereocenters. The summed E-state index contributed by atoms with van der Waals surface area (Å²) in [6.45, 7) is 0. The fraction of sp³-hybridized carbons (Fsp3) is 0.238. The first-order valence-corrected chi connectivity index (χ1v) is 12.6. The van der Waals surface area contributed by atoms with Gasteiger partial charge < -0.3 is 9.47 Å². The standard InChI is InChI=1S/C21H20I2O2/c1-24-18-9-5-16(6-10-18)22-20-14-3-4-15(13-14)21(20)23-17-7-11-19(25-2)12-8-17/h3-12,14-15H,13H2,1-2H3/q+2. The van der Waals surface area contributed by atoms with Gasteiger partial charge in [0.05, 0.1) is 26.1 Å². The van der Waals surface area contributed by atoms with Crippen LogP contribution in [0.25, 0.3) is 0 Å². The van der Waals surface area contributed by atoms with Crippen LogP contribution in [0.4, 0.5) is 0 Å². The van der Waals surface area contributed by atoms with E-state index in [-0.39, 0.29) is 42.4 Å². The van der Waals surface area contributed by atoms with Gasteiger partial charge in [0, 0.05) is 0 Å². The van der Waals surface area contributed by atoms with E-state index in [1.165, 1.54) is 13.6 Å². The van der Waals surface area contributed by atoms with E-state index in [0.29, 0.717) is 11.8 Å². The molecule has 128 valence electrons. The first-order chi connectivity index (χ1) is 12.3. The number of hydrogen-bond donors (Lipinski definition) is 0. The maximum atomic E-state index is 5.29. The molecule has 0 aromatic heterocycles. The third kappa shape index (κ3) is 3.74. The molecule has 0 N–H and O–H groups in total. The zero-order valence-electron chi connectivity index (χ0n) is 14.2. The lowest BCUT2D eigenvalue weighted by atomic mass is 10.2. The van der Waals surface area contributed by atoms with E-state index < -0.39 is 0 Å².